The van der Waals surface area contributed by atoms with Crippen molar-refractivity contribution in [1.82, 2.24) is 5.32 Å². The quantitative estimate of drug-likeness (QED) is 0.871. The molecule has 0 saturated carbocycles. The Hall–Kier alpha value is -1.56. The number of aliphatic hydroxyl groups is 1. The van der Waals surface area contributed by atoms with Crippen LogP contribution in [-0.4, -0.2) is 11.9 Å². The van der Waals surface area contributed by atoms with Gasteiger partial charge in [0.25, 0.3) is 0 Å². The lowest BCUT2D eigenvalue weighted by Gasteiger charge is -2.09. The Balaban J connectivity index is 1.60. The molecule has 0 fully saturated rings. The molecule has 1 aliphatic heterocycles. The first kappa shape index (κ1) is 14.4. The zero-order chi connectivity index (χ0) is 14.7. The van der Waals surface area contributed by atoms with Crippen molar-refractivity contribution in [1.29, 1.82) is 0 Å². The van der Waals surface area contributed by atoms with E-state index in [-0.39, 0.29) is 13.4 Å². The van der Waals surface area contributed by atoms with Gasteiger partial charge >= 0.3 is 0 Å². The summed E-state index contributed by atoms with van der Waals surface area (Å²) in [6, 6.07) is 11.9. The molecule has 0 saturated heterocycles. The molecule has 0 spiro atoms. The molecule has 21 heavy (non-hydrogen) atoms. The Bertz CT molecular complexity index is 628. The molecule has 5 heteroatoms. The fourth-order valence-corrected chi connectivity index (χ4v) is 2.66. The van der Waals surface area contributed by atoms with Gasteiger partial charge in [0.15, 0.2) is 11.5 Å². The average Bonchev–Trinajstić information content (AvgIpc) is 2.95. The SMILES string of the molecule is OCc1ccc(CNCc2cc3c(cc2Br)OCO3)cc1. The highest BCUT2D eigenvalue weighted by molar-refractivity contribution is 9.10. The van der Waals surface area contributed by atoms with Crippen LogP contribution in [-0.2, 0) is 19.7 Å². The van der Waals surface area contributed by atoms with E-state index in [9.17, 15) is 0 Å². The smallest absolute Gasteiger partial charge is 0.231 e. The Morgan fingerprint density at radius 2 is 1.67 bits per heavy atom. The molecule has 2 aromatic carbocycles. The first-order valence-electron chi connectivity index (χ1n) is 6.73. The van der Waals surface area contributed by atoms with Crippen molar-refractivity contribution in [2.45, 2.75) is 19.7 Å². The minimum Gasteiger partial charge on any atom is -0.454 e. The van der Waals surface area contributed by atoms with E-state index in [1.54, 1.807) is 0 Å². The predicted octanol–water partition coefficient (Wildman–Crippen LogP) is 2.96. The summed E-state index contributed by atoms with van der Waals surface area (Å²) in [7, 11) is 0. The van der Waals surface area contributed by atoms with Crippen LogP contribution in [0.1, 0.15) is 16.7 Å². The third-order valence-electron chi connectivity index (χ3n) is 3.39. The van der Waals surface area contributed by atoms with Crippen LogP contribution in [0.3, 0.4) is 0 Å². The number of hydrogen-bond acceptors (Lipinski definition) is 4. The van der Waals surface area contributed by atoms with Crippen LogP contribution in [0.15, 0.2) is 40.9 Å². The van der Waals surface area contributed by atoms with Gasteiger partial charge < -0.3 is 19.9 Å². The maximum atomic E-state index is 9.02. The summed E-state index contributed by atoms with van der Waals surface area (Å²) >= 11 is 3.55. The summed E-state index contributed by atoms with van der Waals surface area (Å²) in [6.07, 6.45) is 0. The second-order valence-electron chi connectivity index (χ2n) is 4.88. The van der Waals surface area contributed by atoms with E-state index in [0.29, 0.717) is 0 Å². The van der Waals surface area contributed by atoms with Gasteiger partial charge in [-0.1, -0.05) is 40.2 Å². The summed E-state index contributed by atoms with van der Waals surface area (Å²) in [4.78, 5) is 0. The summed E-state index contributed by atoms with van der Waals surface area (Å²) in [6.45, 7) is 1.87. The van der Waals surface area contributed by atoms with Gasteiger partial charge in [0.2, 0.25) is 6.79 Å². The van der Waals surface area contributed by atoms with E-state index in [1.807, 2.05) is 36.4 Å². The zero-order valence-corrected chi connectivity index (χ0v) is 13.0. The molecular weight excluding hydrogens is 334 g/mol. The van der Waals surface area contributed by atoms with Crippen molar-refractivity contribution in [2.24, 2.45) is 0 Å². The van der Waals surface area contributed by atoms with Gasteiger partial charge in [0, 0.05) is 17.6 Å². The maximum absolute atomic E-state index is 9.02. The number of aliphatic hydroxyl groups excluding tert-OH is 1. The molecule has 0 aliphatic carbocycles. The summed E-state index contributed by atoms with van der Waals surface area (Å²) in [5.74, 6) is 1.58. The van der Waals surface area contributed by atoms with Crippen LogP contribution in [0.4, 0.5) is 0 Å². The molecule has 0 amide bonds. The highest BCUT2D eigenvalue weighted by Gasteiger charge is 2.15. The fourth-order valence-electron chi connectivity index (χ4n) is 2.20. The molecule has 110 valence electrons. The second-order valence-corrected chi connectivity index (χ2v) is 5.73. The molecule has 3 rings (SSSR count). The molecule has 2 N–H and O–H groups in total. The van der Waals surface area contributed by atoms with E-state index >= 15 is 0 Å². The van der Waals surface area contributed by atoms with Gasteiger partial charge in [0.05, 0.1) is 6.61 Å². The van der Waals surface area contributed by atoms with E-state index in [0.717, 1.165) is 40.2 Å². The fraction of sp³-hybridized carbons (Fsp3) is 0.250. The largest absolute Gasteiger partial charge is 0.454 e. The topological polar surface area (TPSA) is 50.7 Å². The van der Waals surface area contributed by atoms with Crippen molar-refractivity contribution < 1.29 is 14.6 Å². The third kappa shape index (κ3) is 3.37. The van der Waals surface area contributed by atoms with Crippen LogP contribution < -0.4 is 14.8 Å². The van der Waals surface area contributed by atoms with Crippen LogP contribution in [0, 0.1) is 0 Å². The van der Waals surface area contributed by atoms with Gasteiger partial charge in [-0.3, -0.25) is 0 Å². The van der Waals surface area contributed by atoms with Crippen molar-refractivity contribution in [3.63, 3.8) is 0 Å². The minimum absolute atomic E-state index is 0.0812. The lowest BCUT2D eigenvalue weighted by Crippen LogP contribution is -2.13. The van der Waals surface area contributed by atoms with Gasteiger partial charge in [0.1, 0.15) is 0 Å². The first-order valence-corrected chi connectivity index (χ1v) is 7.53. The number of rotatable bonds is 5. The molecule has 4 nitrogen and oxygen atoms in total. The maximum Gasteiger partial charge on any atom is 0.231 e. The minimum atomic E-state index is 0.0812. The molecule has 0 radical (unpaired) electrons. The molecule has 0 bridgehead atoms. The summed E-state index contributed by atoms with van der Waals surface area (Å²) in [5, 5.41) is 12.4. The summed E-state index contributed by atoms with van der Waals surface area (Å²) in [5.41, 5.74) is 3.24. The van der Waals surface area contributed by atoms with Gasteiger partial charge in [-0.2, -0.15) is 0 Å². The number of fused-ring (bicyclic) bond motifs is 1. The van der Waals surface area contributed by atoms with Crippen LogP contribution in [0.25, 0.3) is 0 Å². The van der Waals surface area contributed by atoms with E-state index in [4.69, 9.17) is 14.6 Å². The third-order valence-corrected chi connectivity index (χ3v) is 4.13. The molecule has 1 heterocycles. The predicted molar refractivity (Wildman–Crippen MR) is 83.2 cm³/mol. The second kappa shape index (κ2) is 6.47. The van der Waals surface area contributed by atoms with Crippen molar-refractivity contribution in [2.75, 3.05) is 6.79 Å². The van der Waals surface area contributed by atoms with Crippen molar-refractivity contribution in [3.05, 3.63) is 57.6 Å². The Kier molecular flexibility index (Phi) is 4.43. The lowest BCUT2D eigenvalue weighted by atomic mass is 10.1. The number of halogens is 1. The Morgan fingerprint density at radius 3 is 2.38 bits per heavy atom. The van der Waals surface area contributed by atoms with Gasteiger partial charge in [-0.05, 0) is 28.8 Å². The van der Waals surface area contributed by atoms with Crippen molar-refractivity contribution in [3.8, 4) is 11.5 Å². The Labute approximate surface area is 131 Å². The van der Waals surface area contributed by atoms with E-state index in [2.05, 4.69) is 21.2 Å². The molecular formula is C16H16BrNO3. The van der Waals surface area contributed by atoms with Gasteiger partial charge in [-0.15, -0.1) is 0 Å². The van der Waals surface area contributed by atoms with Crippen LogP contribution in [0.2, 0.25) is 0 Å². The molecule has 0 unspecified atom stereocenters. The Morgan fingerprint density at radius 1 is 1.00 bits per heavy atom. The van der Waals surface area contributed by atoms with Crippen molar-refractivity contribution >= 4 is 15.9 Å². The number of ether oxygens (including phenoxy) is 2. The van der Waals surface area contributed by atoms with Crippen LogP contribution >= 0.6 is 15.9 Å². The monoisotopic (exact) mass is 349 g/mol. The van der Waals surface area contributed by atoms with Crippen LogP contribution in [0.5, 0.6) is 11.5 Å². The van der Waals surface area contributed by atoms with E-state index < -0.39 is 0 Å². The molecule has 1 aliphatic rings. The van der Waals surface area contributed by atoms with Gasteiger partial charge in [-0.25, -0.2) is 0 Å². The molecule has 0 atom stereocenters. The lowest BCUT2D eigenvalue weighted by molar-refractivity contribution is 0.174. The highest BCUT2D eigenvalue weighted by atomic mass is 79.9. The standard InChI is InChI=1S/C16H16BrNO3/c17-14-6-16-15(20-10-21-16)5-13(14)8-18-7-11-1-3-12(9-19)4-2-11/h1-6,18-19H,7-10H2. The number of benzene rings is 2. The molecule has 0 aromatic heterocycles. The number of hydrogen-bond donors (Lipinski definition) is 2. The normalized spacial score (nSPS) is 12.7. The average molecular weight is 350 g/mol. The van der Waals surface area contributed by atoms with E-state index in [1.165, 1.54) is 5.56 Å². The summed E-state index contributed by atoms with van der Waals surface area (Å²) < 4.78 is 11.7. The zero-order valence-electron chi connectivity index (χ0n) is 11.4. The first-order chi connectivity index (χ1) is 10.3. The number of nitrogens with one attached hydrogen (secondary N) is 1. The highest BCUT2D eigenvalue weighted by Crippen LogP contribution is 2.36. The molecule has 2 aromatic rings.